The highest BCUT2D eigenvalue weighted by molar-refractivity contribution is 5.92. The highest BCUT2D eigenvalue weighted by atomic mass is 19.4. The van der Waals surface area contributed by atoms with Crippen LogP contribution < -0.4 is 10.6 Å². The second-order valence-corrected chi connectivity index (χ2v) is 10.8. The third-order valence-electron chi connectivity index (χ3n) is 7.69. The Balaban J connectivity index is 1.40. The Kier molecular flexibility index (Phi) is 8.16. The molecule has 2 aliphatic rings. The Bertz CT molecular complexity index is 1420. The molecule has 3 heterocycles. The van der Waals surface area contributed by atoms with Gasteiger partial charge >= 0.3 is 12.7 Å². The lowest BCUT2D eigenvalue weighted by molar-refractivity contribution is -0.144. The molecule has 3 aromatic heterocycles. The summed E-state index contributed by atoms with van der Waals surface area (Å²) < 4.78 is 93.9. The SMILES string of the molecule is O=C(CCC(F)(F)F)NC(c1cnn2cc([C@@H](NC(=O)c3ccnn3C(F)F)C3CCC(F)(F)CC3)nc2c1)C1CC1. The minimum absolute atomic E-state index is 0.0224. The van der Waals surface area contributed by atoms with Crippen molar-refractivity contribution in [1.82, 2.24) is 35.0 Å². The van der Waals surface area contributed by atoms with E-state index in [4.69, 9.17) is 0 Å². The maximum atomic E-state index is 13.9. The number of nitrogens with one attached hydrogen (secondary N) is 2. The summed E-state index contributed by atoms with van der Waals surface area (Å²) in [7, 11) is 0. The largest absolute Gasteiger partial charge is 0.389 e. The van der Waals surface area contributed by atoms with Gasteiger partial charge in [-0.1, -0.05) is 0 Å². The van der Waals surface area contributed by atoms with E-state index in [2.05, 4.69) is 25.8 Å². The molecule has 0 aliphatic heterocycles. The van der Waals surface area contributed by atoms with E-state index in [1.165, 1.54) is 16.9 Å². The minimum Gasteiger partial charge on any atom is -0.349 e. The topological polar surface area (TPSA) is 106 Å². The van der Waals surface area contributed by atoms with Gasteiger partial charge in [-0.25, -0.2) is 18.3 Å². The quantitative estimate of drug-likeness (QED) is 0.297. The number of carbonyl (C=O) groups is 2. The molecule has 3 aromatic rings. The van der Waals surface area contributed by atoms with Gasteiger partial charge in [0.25, 0.3) is 5.91 Å². The Hall–Kier alpha value is -3.72. The summed E-state index contributed by atoms with van der Waals surface area (Å²) in [4.78, 5) is 29.8. The van der Waals surface area contributed by atoms with E-state index in [9.17, 15) is 40.3 Å². The van der Waals surface area contributed by atoms with E-state index in [1.54, 1.807) is 6.07 Å². The average molecular weight is 604 g/mol. The molecule has 0 bridgehead atoms. The molecule has 0 saturated heterocycles. The summed E-state index contributed by atoms with van der Waals surface area (Å²) >= 11 is 0. The molecule has 2 aliphatic carbocycles. The minimum atomic E-state index is -4.46. The summed E-state index contributed by atoms with van der Waals surface area (Å²) in [6, 6.07) is 1.24. The van der Waals surface area contributed by atoms with Crippen LogP contribution in [0.2, 0.25) is 0 Å². The Morgan fingerprint density at radius 1 is 1.02 bits per heavy atom. The number of amides is 2. The summed E-state index contributed by atoms with van der Waals surface area (Å²) in [5, 5.41) is 13.1. The molecular weight excluding hydrogens is 575 g/mol. The van der Waals surface area contributed by atoms with Crippen LogP contribution in [0.4, 0.5) is 30.7 Å². The lowest BCUT2D eigenvalue weighted by atomic mass is 9.81. The van der Waals surface area contributed by atoms with Crippen LogP contribution >= 0.6 is 0 Å². The molecule has 16 heteroatoms. The van der Waals surface area contributed by atoms with Crippen LogP contribution in [0.1, 0.15) is 91.7 Å². The fourth-order valence-corrected chi connectivity index (χ4v) is 5.33. The number of fused-ring (bicyclic) bond motifs is 1. The molecule has 2 atom stereocenters. The van der Waals surface area contributed by atoms with Gasteiger partial charge in [0.15, 0.2) is 5.65 Å². The first-order valence-electron chi connectivity index (χ1n) is 13.5. The monoisotopic (exact) mass is 603 g/mol. The fourth-order valence-electron chi connectivity index (χ4n) is 5.33. The summed E-state index contributed by atoms with van der Waals surface area (Å²) in [6.45, 7) is -3.07. The van der Waals surface area contributed by atoms with E-state index in [-0.39, 0.29) is 34.8 Å². The lowest BCUT2D eigenvalue weighted by Crippen LogP contribution is -2.38. The van der Waals surface area contributed by atoms with Crippen LogP contribution in [0.5, 0.6) is 0 Å². The fraction of sp³-hybridized carbons (Fsp3) is 0.577. The number of nitrogens with zero attached hydrogens (tertiary/aromatic N) is 5. The lowest BCUT2D eigenvalue weighted by Gasteiger charge is -2.33. The van der Waals surface area contributed by atoms with Gasteiger partial charge in [0.2, 0.25) is 11.8 Å². The van der Waals surface area contributed by atoms with Gasteiger partial charge in [-0.3, -0.25) is 9.59 Å². The number of halogens is 7. The molecule has 0 aromatic carbocycles. The summed E-state index contributed by atoms with van der Waals surface area (Å²) in [5.74, 6) is -4.93. The summed E-state index contributed by atoms with van der Waals surface area (Å²) in [6.07, 6.45) is -1.59. The van der Waals surface area contributed by atoms with Crippen molar-refractivity contribution >= 4 is 17.5 Å². The maximum absolute atomic E-state index is 13.9. The van der Waals surface area contributed by atoms with Gasteiger partial charge in [0, 0.05) is 25.5 Å². The predicted octanol–water partition coefficient (Wildman–Crippen LogP) is 5.53. The molecule has 2 N–H and O–H groups in total. The molecule has 2 amide bonds. The third-order valence-corrected chi connectivity index (χ3v) is 7.69. The zero-order valence-electron chi connectivity index (χ0n) is 22.1. The van der Waals surface area contributed by atoms with Crippen molar-refractivity contribution in [3.05, 3.63) is 47.7 Å². The van der Waals surface area contributed by atoms with Crippen LogP contribution in [0.15, 0.2) is 30.7 Å². The number of alkyl halides is 7. The van der Waals surface area contributed by atoms with E-state index in [0.717, 1.165) is 25.1 Å². The normalized spacial score (nSPS) is 19.1. The van der Waals surface area contributed by atoms with E-state index in [0.29, 0.717) is 5.56 Å². The standard InChI is InChI=1S/C26H28F7N7O2/c27-24(28)40-18(6-10-34-40)23(42)38-22(15-3-7-25(29,30)8-4-15)17-13-39-19(36-17)11-16(12-35-39)21(14-1-2-14)37-20(41)5-9-26(31,32)33/h6,10-15,21-22,24H,1-5,7-9H2,(H,37,41)(H,38,42)/t21?,22-/m0/s1. The zero-order chi connectivity index (χ0) is 30.2. The van der Waals surface area contributed by atoms with Crippen molar-refractivity contribution in [2.45, 2.75) is 82.1 Å². The Labute approximate surface area is 234 Å². The van der Waals surface area contributed by atoms with Crippen molar-refractivity contribution in [2.75, 3.05) is 0 Å². The molecule has 2 fully saturated rings. The first-order chi connectivity index (χ1) is 19.8. The van der Waals surface area contributed by atoms with Gasteiger partial charge in [0.1, 0.15) is 5.69 Å². The van der Waals surface area contributed by atoms with Gasteiger partial charge < -0.3 is 10.6 Å². The molecule has 0 radical (unpaired) electrons. The van der Waals surface area contributed by atoms with Crippen LogP contribution in [-0.4, -0.2) is 48.3 Å². The Morgan fingerprint density at radius 2 is 1.71 bits per heavy atom. The predicted molar refractivity (Wildman–Crippen MR) is 132 cm³/mol. The molecular formula is C26H28F7N7O2. The second kappa shape index (κ2) is 11.5. The molecule has 5 rings (SSSR count). The number of carbonyl (C=O) groups excluding carboxylic acids is 2. The number of hydrogen-bond acceptors (Lipinski definition) is 5. The van der Waals surface area contributed by atoms with E-state index < -0.39 is 79.8 Å². The van der Waals surface area contributed by atoms with Crippen LogP contribution in [0.25, 0.3) is 5.65 Å². The average Bonchev–Trinajstić information content (AvgIpc) is 3.47. The highest BCUT2D eigenvalue weighted by Gasteiger charge is 2.40. The molecule has 9 nitrogen and oxygen atoms in total. The highest BCUT2D eigenvalue weighted by Crippen LogP contribution is 2.43. The number of aromatic nitrogens is 5. The number of imidazole rings is 1. The third kappa shape index (κ3) is 7.01. The van der Waals surface area contributed by atoms with Gasteiger partial charge in [-0.2, -0.15) is 36.8 Å². The second-order valence-electron chi connectivity index (χ2n) is 10.8. The van der Waals surface area contributed by atoms with Crippen molar-refractivity contribution < 1.29 is 40.3 Å². The summed E-state index contributed by atoms with van der Waals surface area (Å²) in [5.41, 5.74) is 0.675. The molecule has 228 valence electrons. The smallest absolute Gasteiger partial charge is 0.349 e. The van der Waals surface area contributed by atoms with Crippen LogP contribution in [0.3, 0.4) is 0 Å². The van der Waals surface area contributed by atoms with Crippen molar-refractivity contribution in [1.29, 1.82) is 0 Å². The van der Waals surface area contributed by atoms with Gasteiger partial charge in [0.05, 0.1) is 36.6 Å². The van der Waals surface area contributed by atoms with Crippen molar-refractivity contribution in [3.8, 4) is 0 Å². The number of hydrogen-bond donors (Lipinski definition) is 2. The van der Waals surface area contributed by atoms with E-state index >= 15 is 0 Å². The molecule has 42 heavy (non-hydrogen) atoms. The van der Waals surface area contributed by atoms with Gasteiger partial charge in [-0.15, -0.1) is 0 Å². The number of rotatable bonds is 10. The molecule has 0 spiro atoms. The zero-order valence-corrected chi connectivity index (χ0v) is 22.1. The molecule has 1 unspecified atom stereocenters. The van der Waals surface area contributed by atoms with Crippen molar-refractivity contribution in [2.24, 2.45) is 11.8 Å². The van der Waals surface area contributed by atoms with Crippen molar-refractivity contribution in [3.63, 3.8) is 0 Å². The van der Waals surface area contributed by atoms with E-state index in [1.807, 2.05) is 0 Å². The Morgan fingerprint density at radius 3 is 2.36 bits per heavy atom. The maximum Gasteiger partial charge on any atom is 0.389 e. The van der Waals surface area contributed by atoms with Gasteiger partial charge in [-0.05, 0) is 55.2 Å². The first-order valence-corrected chi connectivity index (χ1v) is 13.5. The molecule has 2 saturated carbocycles. The van der Waals surface area contributed by atoms with Crippen LogP contribution in [0, 0.1) is 11.8 Å². The van der Waals surface area contributed by atoms with Crippen LogP contribution in [-0.2, 0) is 4.79 Å². The first kappa shape index (κ1) is 29.8.